The SMILES string of the molecule is COc1ccc(CCC(=O)N2CCCN(Cc3cc(=O)n4c(C)csc4n3)CC2)cc1. The summed E-state index contributed by atoms with van der Waals surface area (Å²) in [7, 11) is 1.65. The Balaban J connectivity index is 1.31. The van der Waals surface area contributed by atoms with Gasteiger partial charge in [0, 0.05) is 56.3 Å². The topological polar surface area (TPSA) is 67.2 Å². The first-order valence-electron chi connectivity index (χ1n) is 10.6. The summed E-state index contributed by atoms with van der Waals surface area (Å²) in [5.74, 6) is 1.03. The van der Waals surface area contributed by atoms with Crippen molar-refractivity contribution in [2.45, 2.75) is 32.7 Å². The summed E-state index contributed by atoms with van der Waals surface area (Å²) in [5.41, 5.74) is 2.83. The van der Waals surface area contributed by atoms with Gasteiger partial charge < -0.3 is 9.64 Å². The first-order valence-corrected chi connectivity index (χ1v) is 11.5. The largest absolute Gasteiger partial charge is 0.497 e. The summed E-state index contributed by atoms with van der Waals surface area (Å²) in [6.07, 6.45) is 2.17. The van der Waals surface area contributed by atoms with Gasteiger partial charge in [-0.25, -0.2) is 4.98 Å². The molecule has 0 aliphatic carbocycles. The average molecular weight is 441 g/mol. The third-order valence-corrected chi connectivity index (χ3v) is 6.69. The highest BCUT2D eigenvalue weighted by Crippen LogP contribution is 2.15. The number of fused-ring (bicyclic) bond motifs is 1. The van der Waals surface area contributed by atoms with Gasteiger partial charge in [-0.2, -0.15) is 0 Å². The maximum Gasteiger partial charge on any atom is 0.259 e. The van der Waals surface area contributed by atoms with E-state index in [0.717, 1.165) is 60.1 Å². The van der Waals surface area contributed by atoms with Crippen molar-refractivity contribution in [1.82, 2.24) is 19.2 Å². The molecule has 164 valence electrons. The van der Waals surface area contributed by atoms with Crippen LogP contribution in [0, 0.1) is 6.92 Å². The fraction of sp³-hybridized carbons (Fsp3) is 0.435. The van der Waals surface area contributed by atoms with Crippen molar-refractivity contribution in [3.05, 3.63) is 63.0 Å². The Hall–Kier alpha value is -2.71. The van der Waals surface area contributed by atoms with Gasteiger partial charge in [-0.1, -0.05) is 12.1 Å². The van der Waals surface area contributed by atoms with E-state index in [1.807, 2.05) is 41.5 Å². The minimum Gasteiger partial charge on any atom is -0.497 e. The molecule has 1 fully saturated rings. The maximum atomic E-state index is 12.7. The number of aromatic nitrogens is 2. The number of methoxy groups -OCH3 is 1. The van der Waals surface area contributed by atoms with Crippen LogP contribution in [-0.4, -0.2) is 58.4 Å². The third kappa shape index (κ3) is 5.14. The van der Waals surface area contributed by atoms with Gasteiger partial charge in [0.15, 0.2) is 4.96 Å². The van der Waals surface area contributed by atoms with Crippen LogP contribution in [0.2, 0.25) is 0 Å². The lowest BCUT2D eigenvalue weighted by molar-refractivity contribution is -0.131. The van der Waals surface area contributed by atoms with Crippen LogP contribution in [0.25, 0.3) is 4.96 Å². The number of hydrogen-bond acceptors (Lipinski definition) is 6. The van der Waals surface area contributed by atoms with E-state index >= 15 is 0 Å². The smallest absolute Gasteiger partial charge is 0.259 e. The average Bonchev–Trinajstić information content (AvgIpc) is 2.99. The van der Waals surface area contributed by atoms with Crippen LogP contribution in [0.5, 0.6) is 5.75 Å². The second-order valence-corrected chi connectivity index (χ2v) is 8.78. The molecule has 3 heterocycles. The van der Waals surface area contributed by atoms with Crippen molar-refractivity contribution in [1.29, 1.82) is 0 Å². The molecule has 0 spiro atoms. The predicted molar refractivity (Wildman–Crippen MR) is 122 cm³/mol. The first kappa shape index (κ1) is 21.5. The molecule has 0 radical (unpaired) electrons. The Morgan fingerprint density at radius 2 is 1.97 bits per heavy atom. The van der Waals surface area contributed by atoms with E-state index in [4.69, 9.17) is 4.74 Å². The van der Waals surface area contributed by atoms with Crippen molar-refractivity contribution in [3.8, 4) is 5.75 Å². The molecule has 4 rings (SSSR count). The molecule has 3 aromatic rings. The van der Waals surface area contributed by atoms with E-state index in [1.54, 1.807) is 17.6 Å². The molecule has 0 atom stereocenters. The number of benzene rings is 1. The maximum absolute atomic E-state index is 12.7. The van der Waals surface area contributed by atoms with Crippen LogP contribution in [0.15, 0.2) is 40.5 Å². The van der Waals surface area contributed by atoms with Crippen LogP contribution >= 0.6 is 11.3 Å². The Bertz CT molecular complexity index is 1110. The van der Waals surface area contributed by atoms with Crippen LogP contribution in [-0.2, 0) is 17.8 Å². The van der Waals surface area contributed by atoms with Gasteiger partial charge in [0.05, 0.1) is 12.8 Å². The molecule has 1 aliphatic heterocycles. The van der Waals surface area contributed by atoms with Gasteiger partial charge in [-0.05, 0) is 37.5 Å². The van der Waals surface area contributed by atoms with Gasteiger partial charge in [0.25, 0.3) is 5.56 Å². The summed E-state index contributed by atoms with van der Waals surface area (Å²) in [5, 5.41) is 1.95. The number of carbonyl (C=O) groups is 1. The van der Waals surface area contributed by atoms with Crippen molar-refractivity contribution < 1.29 is 9.53 Å². The molecule has 1 amide bonds. The zero-order valence-electron chi connectivity index (χ0n) is 18.0. The molecule has 1 aromatic carbocycles. The molecule has 0 bridgehead atoms. The molecule has 2 aromatic heterocycles. The van der Waals surface area contributed by atoms with Gasteiger partial charge in [0.2, 0.25) is 5.91 Å². The number of amides is 1. The molecule has 0 N–H and O–H groups in total. The summed E-state index contributed by atoms with van der Waals surface area (Å²) >= 11 is 1.49. The Kier molecular flexibility index (Phi) is 6.67. The standard InChI is InChI=1S/C23H28N4O3S/c1-17-16-31-23-24-19(14-22(29)27(17)23)15-25-10-3-11-26(13-12-25)21(28)9-6-18-4-7-20(30-2)8-5-18/h4-5,7-8,14,16H,3,6,9-13,15H2,1-2H3. The minimum atomic E-state index is -0.0242. The van der Waals surface area contributed by atoms with E-state index < -0.39 is 0 Å². The highest BCUT2D eigenvalue weighted by Gasteiger charge is 2.20. The van der Waals surface area contributed by atoms with Gasteiger partial charge in [0.1, 0.15) is 5.75 Å². The Labute approximate surface area is 185 Å². The van der Waals surface area contributed by atoms with Crippen LogP contribution in [0.4, 0.5) is 0 Å². The van der Waals surface area contributed by atoms with Crippen LogP contribution in [0.1, 0.15) is 29.8 Å². The van der Waals surface area contributed by atoms with Crippen molar-refractivity contribution in [2.24, 2.45) is 0 Å². The number of carbonyl (C=O) groups excluding carboxylic acids is 1. The van der Waals surface area contributed by atoms with Crippen molar-refractivity contribution in [2.75, 3.05) is 33.3 Å². The van der Waals surface area contributed by atoms with Crippen molar-refractivity contribution >= 4 is 22.2 Å². The Morgan fingerprint density at radius 3 is 2.74 bits per heavy atom. The monoisotopic (exact) mass is 440 g/mol. The fourth-order valence-electron chi connectivity index (χ4n) is 3.99. The van der Waals surface area contributed by atoms with Gasteiger partial charge in [-0.3, -0.25) is 18.9 Å². The minimum absolute atomic E-state index is 0.0242. The molecular weight excluding hydrogens is 412 g/mol. The fourth-order valence-corrected chi connectivity index (χ4v) is 4.88. The number of rotatable bonds is 6. The zero-order chi connectivity index (χ0) is 21.8. The number of nitrogens with zero attached hydrogens (tertiary/aromatic N) is 4. The second-order valence-electron chi connectivity index (χ2n) is 7.94. The van der Waals surface area contributed by atoms with E-state index in [-0.39, 0.29) is 11.5 Å². The first-order chi connectivity index (χ1) is 15.0. The van der Waals surface area contributed by atoms with Crippen LogP contribution in [0.3, 0.4) is 0 Å². The van der Waals surface area contributed by atoms with Crippen molar-refractivity contribution in [3.63, 3.8) is 0 Å². The lowest BCUT2D eigenvalue weighted by Crippen LogP contribution is -2.35. The number of aryl methyl sites for hydroxylation is 2. The molecule has 1 saturated heterocycles. The normalized spacial score (nSPS) is 15.2. The van der Waals surface area contributed by atoms with E-state index in [1.165, 1.54) is 11.3 Å². The van der Waals surface area contributed by atoms with Crippen LogP contribution < -0.4 is 10.3 Å². The van der Waals surface area contributed by atoms with Gasteiger partial charge >= 0.3 is 0 Å². The van der Waals surface area contributed by atoms with E-state index in [0.29, 0.717) is 19.5 Å². The lowest BCUT2D eigenvalue weighted by Gasteiger charge is -2.22. The number of ether oxygens (including phenoxy) is 1. The molecule has 1 aliphatic rings. The molecule has 0 unspecified atom stereocenters. The van der Waals surface area contributed by atoms with Gasteiger partial charge in [-0.15, -0.1) is 11.3 Å². The quantitative estimate of drug-likeness (QED) is 0.590. The molecule has 31 heavy (non-hydrogen) atoms. The second kappa shape index (κ2) is 9.62. The number of thiazole rings is 1. The summed E-state index contributed by atoms with van der Waals surface area (Å²) in [4.78, 5) is 34.8. The lowest BCUT2D eigenvalue weighted by atomic mass is 10.1. The van der Waals surface area contributed by atoms with E-state index in [9.17, 15) is 9.59 Å². The highest BCUT2D eigenvalue weighted by atomic mass is 32.1. The Morgan fingerprint density at radius 1 is 1.16 bits per heavy atom. The summed E-state index contributed by atoms with van der Waals surface area (Å²) in [6, 6.07) is 9.52. The number of hydrogen-bond donors (Lipinski definition) is 0. The van der Waals surface area contributed by atoms with E-state index in [2.05, 4.69) is 9.88 Å². The summed E-state index contributed by atoms with van der Waals surface area (Å²) in [6.45, 7) is 5.72. The third-order valence-electron chi connectivity index (χ3n) is 5.74. The predicted octanol–water partition coefficient (Wildman–Crippen LogP) is 2.74. The molecular formula is C23H28N4O3S. The highest BCUT2D eigenvalue weighted by molar-refractivity contribution is 7.15. The molecule has 7 nitrogen and oxygen atoms in total. The zero-order valence-corrected chi connectivity index (χ0v) is 18.9. The molecule has 0 saturated carbocycles. The molecule has 8 heteroatoms. The summed E-state index contributed by atoms with van der Waals surface area (Å²) < 4.78 is 6.84.